The SMILES string of the molecule is CCOC(=O)N1CCN(NC(=O)Nc2ccccc2)CC1. The van der Waals surface area contributed by atoms with Gasteiger partial charge in [-0.3, -0.25) is 5.43 Å². The number of para-hydroxylation sites is 1. The molecule has 0 unspecified atom stereocenters. The molecule has 0 saturated carbocycles. The van der Waals surface area contributed by atoms with Crippen LogP contribution < -0.4 is 10.7 Å². The number of rotatable bonds is 3. The molecular weight excluding hydrogens is 272 g/mol. The Morgan fingerprint density at radius 1 is 1.14 bits per heavy atom. The second-order valence-corrected chi connectivity index (χ2v) is 4.60. The van der Waals surface area contributed by atoms with E-state index in [2.05, 4.69) is 10.7 Å². The third-order valence-electron chi connectivity index (χ3n) is 3.10. The van der Waals surface area contributed by atoms with Gasteiger partial charge < -0.3 is 15.0 Å². The highest BCUT2D eigenvalue weighted by Crippen LogP contribution is 2.05. The molecule has 2 N–H and O–H groups in total. The van der Waals surface area contributed by atoms with E-state index < -0.39 is 0 Å². The molecule has 1 aromatic rings. The van der Waals surface area contributed by atoms with Crippen molar-refractivity contribution in [3.63, 3.8) is 0 Å². The lowest BCUT2D eigenvalue weighted by Gasteiger charge is -2.33. The van der Waals surface area contributed by atoms with Gasteiger partial charge in [-0.15, -0.1) is 0 Å². The molecule has 1 aliphatic heterocycles. The third kappa shape index (κ3) is 4.64. The summed E-state index contributed by atoms with van der Waals surface area (Å²) in [6, 6.07) is 8.95. The molecule has 1 fully saturated rings. The van der Waals surface area contributed by atoms with Gasteiger partial charge in [0, 0.05) is 31.9 Å². The van der Waals surface area contributed by atoms with Gasteiger partial charge in [0.15, 0.2) is 0 Å². The van der Waals surface area contributed by atoms with Crippen LogP contribution in [-0.2, 0) is 4.74 Å². The standard InChI is InChI=1S/C14H20N4O3/c1-2-21-14(20)17-8-10-18(11-9-17)16-13(19)15-12-6-4-3-5-7-12/h3-7H,2,8-11H2,1H3,(H2,15,16,19). The summed E-state index contributed by atoms with van der Waals surface area (Å²) in [6.45, 7) is 4.36. The maximum absolute atomic E-state index is 11.8. The lowest BCUT2D eigenvalue weighted by molar-refractivity contribution is 0.0690. The first kappa shape index (κ1) is 15.1. The summed E-state index contributed by atoms with van der Waals surface area (Å²) in [4.78, 5) is 25.0. The van der Waals surface area contributed by atoms with Crippen molar-refractivity contribution in [2.45, 2.75) is 6.92 Å². The second kappa shape index (κ2) is 7.49. The first-order chi connectivity index (χ1) is 10.2. The molecule has 7 heteroatoms. The maximum Gasteiger partial charge on any atom is 0.409 e. The average Bonchev–Trinajstić information content (AvgIpc) is 2.49. The number of hydrogen-bond donors (Lipinski definition) is 2. The predicted octanol–water partition coefficient (Wildman–Crippen LogP) is 1.50. The summed E-state index contributed by atoms with van der Waals surface area (Å²) in [5.74, 6) is 0. The number of hydrazine groups is 1. The highest BCUT2D eigenvalue weighted by molar-refractivity contribution is 5.88. The van der Waals surface area contributed by atoms with E-state index >= 15 is 0 Å². The summed E-state index contributed by atoms with van der Waals surface area (Å²) in [7, 11) is 0. The Kier molecular flexibility index (Phi) is 5.39. The molecule has 0 bridgehead atoms. The number of nitrogens with one attached hydrogen (secondary N) is 2. The van der Waals surface area contributed by atoms with Crippen LogP contribution in [0.3, 0.4) is 0 Å². The Hall–Kier alpha value is -2.28. The first-order valence-corrected chi connectivity index (χ1v) is 6.98. The average molecular weight is 292 g/mol. The van der Waals surface area contributed by atoms with Crippen molar-refractivity contribution in [3.05, 3.63) is 30.3 Å². The quantitative estimate of drug-likeness (QED) is 0.885. The van der Waals surface area contributed by atoms with E-state index in [-0.39, 0.29) is 12.1 Å². The van der Waals surface area contributed by atoms with Crippen molar-refractivity contribution in [1.82, 2.24) is 15.3 Å². The van der Waals surface area contributed by atoms with E-state index in [1.54, 1.807) is 16.8 Å². The molecule has 114 valence electrons. The molecule has 1 saturated heterocycles. The molecule has 7 nitrogen and oxygen atoms in total. The largest absolute Gasteiger partial charge is 0.450 e. The Labute approximate surface area is 123 Å². The zero-order valence-electron chi connectivity index (χ0n) is 12.0. The predicted molar refractivity (Wildman–Crippen MR) is 78.8 cm³/mol. The van der Waals surface area contributed by atoms with Crippen LogP contribution in [0.4, 0.5) is 15.3 Å². The summed E-state index contributed by atoms with van der Waals surface area (Å²) in [6.07, 6.45) is -0.300. The van der Waals surface area contributed by atoms with E-state index in [4.69, 9.17) is 4.74 Å². The zero-order valence-corrected chi connectivity index (χ0v) is 12.0. The molecule has 0 radical (unpaired) electrons. The lowest BCUT2D eigenvalue weighted by Crippen LogP contribution is -2.55. The number of amides is 3. The molecule has 2 rings (SSSR count). The van der Waals surface area contributed by atoms with Crippen LogP contribution in [0.1, 0.15) is 6.92 Å². The molecular formula is C14H20N4O3. The van der Waals surface area contributed by atoms with E-state index in [0.29, 0.717) is 32.8 Å². The van der Waals surface area contributed by atoms with Gasteiger partial charge >= 0.3 is 12.1 Å². The van der Waals surface area contributed by atoms with Gasteiger partial charge in [0.1, 0.15) is 0 Å². The van der Waals surface area contributed by atoms with E-state index in [9.17, 15) is 9.59 Å². The third-order valence-corrected chi connectivity index (χ3v) is 3.10. The van der Waals surface area contributed by atoms with Gasteiger partial charge in [-0.05, 0) is 19.1 Å². The fourth-order valence-corrected chi connectivity index (χ4v) is 2.04. The summed E-state index contributed by atoms with van der Waals surface area (Å²) in [5.41, 5.74) is 3.50. The van der Waals surface area contributed by atoms with Gasteiger partial charge in [-0.2, -0.15) is 0 Å². The number of carbonyl (C=O) groups excluding carboxylic acids is 2. The number of benzene rings is 1. The smallest absolute Gasteiger partial charge is 0.409 e. The highest BCUT2D eigenvalue weighted by Gasteiger charge is 2.22. The van der Waals surface area contributed by atoms with Gasteiger partial charge in [0.25, 0.3) is 0 Å². The fraction of sp³-hybridized carbons (Fsp3) is 0.429. The van der Waals surface area contributed by atoms with Crippen molar-refractivity contribution < 1.29 is 14.3 Å². The van der Waals surface area contributed by atoms with Crippen LogP contribution in [0.5, 0.6) is 0 Å². The van der Waals surface area contributed by atoms with E-state index in [1.165, 1.54) is 0 Å². The summed E-state index contributed by atoms with van der Waals surface area (Å²) < 4.78 is 4.95. The Bertz CT molecular complexity index is 472. The Morgan fingerprint density at radius 2 is 1.81 bits per heavy atom. The van der Waals surface area contributed by atoms with Gasteiger partial charge in [-0.25, -0.2) is 14.6 Å². The molecule has 1 heterocycles. The number of carbonyl (C=O) groups is 2. The van der Waals surface area contributed by atoms with Crippen LogP contribution in [0.2, 0.25) is 0 Å². The maximum atomic E-state index is 11.8. The number of ether oxygens (including phenoxy) is 1. The second-order valence-electron chi connectivity index (χ2n) is 4.60. The Morgan fingerprint density at radius 3 is 2.43 bits per heavy atom. The lowest BCUT2D eigenvalue weighted by atomic mass is 10.3. The minimum atomic E-state index is -0.300. The molecule has 1 aliphatic rings. The van der Waals surface area contributed by atoms with Crippen LogP contribution in [0, 0.1) is 0 Å². The van der Waals surface area contributed by atoms with Crippen LogP contribution in [0.25, 0.3) is 0 Å². The number of piperazine rings is 1. The first-order valence-electron chi connectivity index (χ1n) is 6.98. The number of hydrogen-bond acceptors (Lipinski definition) is 4. The normalized spacial score (nSPS) is 15.4. The number of urea groups is 1. The molecule has 0 aromatic heterocycles. The molecule has 0 spiro atoms. The van der Waals surface area contributed by atoms with Crippen LogP contribution >= 0.6 is 0 Å². The van der Waals surface area contributed by atoms with Crippen molar-refractivity contribution in [1.29, 1.82) is 0 Å². The van der Waals surface area contributed by atoms with Crippen LogP contribution in [-0.4, -0.2) is 54.8 Å². The van der Waals surface area contributed by atoms with Crippen molar-refractivity contribution >= 4 is 17.8 Å². The zero-order chi connectivity index (χ0) is 15.1. The van der Waals surface area contributed by atoms with Gasteiger partial charge in [0.05, 0.1) is 6.61 Å². The minimum Gasteiger partial charge on any atom is -0.450 e. The summed E-state index contributed by atoms with van der Waals surface area (Å²) >= 11 is 0. The monoisotopic (exact) mass is 292 g/mol. The highest BCUT2D eigenvalue weighted by atomic mass is 16.6. The van der Waals surface area contributed by atoms with Gasteiger partial charge in [-0.1, -0.05) is 18.2 Å². The molecule has 3 amide bonds. The molecule has 0 atom stereocenters. The summed E-state index contributed by atoms with van der Waals surface area (Å²) in [5, 5.41) is 4.53. The van der Waals surface area contributed by atoms with Gasteiger partial charge in [0.2, 0.25) is 0 Å². The van der Waals surface area contributed by atoms with Crippen LogP contribution in [0.15, 0.2) is 30.3 Å². The molecule has 21 heavy (non-hydrogen) atoms. The molecule has 1 aromatic carbocycles. The van der Waals surface area contributed by atoms with Crippen molar-refractivity contribution in [3.8, 4) is 0 Å². The minimum absolute atomic E-state index is 0.286. The number of anilines is 1. The Balaban J connectivity index is 1.73. The number of nitrogens with zero attached hydrogens (tertiary/aromatic N) is 2. The topological polar surface area (TPSA) is 73.9 Å². The van der Waals surface area contributed by atoms with E-state index in [1.807, 2.05) is 30.3 Å². The van der Waals surface area contributed by atoms with Crippen molar-refractivity contribution in [2.24, 2.45) is 0 Å². The van der Waals surface area contributed by atoms with Crippen molar-refractivity contribution in [2.75, 3.05) is 38.1 Å². The molecule has 0 aliphatic carbocycles. The van der Waals surface area contributed by atoms with E-state index in [0.717, 1.165) is 5.69 Å². The fourth-order valence-electron chi connectivity index (χ4n) is 2.04.